The van der Waals surface area contributed by atoms with Crippen LogP contribution in [0.3, 0.4) is 0 Å². The molecule has 0 unspecified atom stereocenters. The van der Waals surface area contributed by atoms with Gasteiger partial charge in [-0.15, -0.1) is 0 Å². The maximum atomic E-state index is 14.2. The minimum atomic E-state index is -0.714. The maximum absolute atomic E-state index is 14.2. The highest BCUT2D eigenvalue weighted by Gasteiger charge is 2.33. The molecule has 1 aromatic carbocycles. The zero-order valence-electron chi connectivity index (χ0n) is 14.0. The Hall–Kier alpha value is -2.15. The number of carbonyl (C=O) groups excluding carboxylic acids is 2. The van der Waals surface area contributed by atoms with E-state index in [-0.39, 0.29) is 18.3 Å². The van der Waals surface area contributed by atoms with E-state index in [2.05, 4.69) is 5.32 Å². The number of carbonyl (C=O) groups is 2. The summed E-state index contributed by atoms with van der Waals surface area (Å²) in [5.41, 5.74) is 1.00. The van der Waals surface area contributed by atoms with Gasteiger partial charge in [0.25, 0.3) is 0 Å². The normalized spacial score (nSPS) is 17.0. The zero-order chi connectivity index (χ0) is 17.5. The van der Waals surface area contributed by atoms with Crippen LogP contribution in [0.4, 0.5) is 14.9 Å². The van der Waals surface area contributed by atoms with Crippen molar-refractivity contribution >= 4 is 17.7 Å². The summed E-state index contributed by atoms with van der Waals surface area (Å²) in [6, 6.07) is 4.67. The molecule has 0 saturated carbocycles. The molecule has 1 aromatic rings. The predicted molar refractivity (Wildman–Crippen MR) is 87.3 cm³/mol. The summed E-state index contributed by atoms with van der Waals surface area (Å²) in [5.74, 6) is -0.653. The summed E-state index contributed by atoms with van der Waals surface area (Å²) in [7, 11) is 0. The molecule has 0 aromatic heterocycles. The number of rotatable bonds is 8. The van der Waals surface area contributed by atoms with Crippen LogP contribution in [-0.4, -0.2) is 38.0 Å². The third kappa shape index (κ3) is 4.92. The fraction of sp³-hybridized carbons (Fsp3) is 0.529. The average Bonchev–Trinajstić information content (AvgIpc) is 2.88. The molecule has 132 valence electrons. The quantitative estimate of drug-likeness (QED) is 0.740. The molecule has 1 heterocycles. The molecule has 2 amide bonds. The lowest BCUT2D eigenvalue weighted by Gasteiger charge is -2.14. The van der Waals surface area contributed by atoms with Gasteiger partial charge in [0, 0.05) is 20.1 Å². The van der Waals surface area contributed by atoms with Crippen LogP contribution in [0.25, 0.3) is 0 Å². The molecule has 1 atom stereocenters. The van der Waals surface area contributed by atoms with Crippen molar-refractivity contribution in [2.24, 2.45) is 0 Å². The second kappa shape index (κ2) is 8.63. The Balaban J connectivity index is 1.94. The van der Waals surface area contributed by atoms with E-state index in [0.717, 1.165) is 12.8 Å². The highest BCUT2D eigenvalue weighted by molar-refractivity contribution is 5.90. The number of hydrogen-bond acceptors (Lipinski definition) is 4. The van der Waals surface area contributed by atoms with Gasteiger partial charge in [0.1, 0.15) is 5.82 Å². The van der Waals surface area contributed by atoms with Crippen molar-refractivity contribution in [1.29, 1.82) is 0 Å². The first-order valence-corrected chi connectivity index (χ1v) is 8.12. The fourth-order valence-corrected chi connectivity index (χ4v) is 2.49. The number of aryl methyl sites for hydroxylation is 1. The summed E-state index contributed by atoms with van der Waals surface area (Å²) in [6.07, 6.45) is 0.970. The molecule has 1 aliphatic rings. The van der Waals surface area contributed by atoms with Crippen molar-refractivity contribution in [3.8, 4) is 0 Å². The largest absolute Gasteiger partial charge is 0.423 e. The smallest absolute Gasteiger partial charge is 0.416 e. The standard InChI is InChI=1S/C17H23FN2O4/c1-3-8-23-9-4-5-13-6-7-14(10-15(13)18)20-11-16(19-12(2)21)24-17(20)22/h6-7,10,16H,3-5,8-9,11H2,1-2H3,(H,19,21)/t16-/m1/s1. The zero-order valence-corrected chi connectivity index (χ0v) is 14.0. The summed E-state index contributed by atoms with van der Waals surface area (Å²) in [6.45, 7) is 4.86. The summed E-state index contributed by atoms with van der Waals surface area (Å²) in [5, 5.41) is 2.51. The molecular formula is C17H23FN2O4. The first-order valence-electron chi connectivity index (χ1n) is 8.12. The van der Waals surface area contributed by atoms with Gasteiger partial charge in [-0.25, -0.2) is 9.18 Å². The molecule has 2 rings (SSSR count). The van der Waals surface area contributed by atoms with Crippen molar-refractivity contribution in [2.45, 2.75) is 39.3 Å². The minimum Gasteiger partial charge on any atom is -0.423 e. The van der Waals surface area contributed by atoms with Crippen molar-refractivity contribution in [3.63, 3.8) is 0 Å². The van der Waals surface area contributed by atoms with E-state index in [1.165, 1.54) is 17.9 Å². The topological polar surface area (TPSA) is 67.9 Å². The molecular weight excluding hydrogens is 315 g/mol. The molecule has 0 aliphatic carbocycles. The monoisotopic (exact) mass is 338 g/mol. The Bertz CT molecular complexity index is 594. The lowest BCUT2D eigenvalue weighted by Crippen LogP contribution is -2.36. The van der Waals surface area contributed by atoms with Crippen LogP contribution < -0.4 is 10.2 Å². The van der Waals surface area contributed by atoms with E-state index in [1.54, 1.807) is 12.1 Å². The number of halogens is 1. The number of nitrogens with zero attached hydrogens (tertiary/aromatic N) is 1. The molecule has 7 heteroatoms. The molecule has 1 saturated heterocycles. The number of nitrogens with one attached hydrogen (secondary N) is 1. The van der Waals surface area contributed by atoms with E-state index in [0.29, 0.717) is 30.9 Å². The van der Waals surface area contributed by atoms with Gasteiger partial charge < -0.3 is 14.8 Å². The highest BCUT2D eigenvalue weighted by atomic mass is 19.1. The second-order valence-corrected chi connectivity index (χ2v) is 5.68. The Kier molecular flexibility index (Phi) is 6.54. The van der Waals surface area contributed by atoms with Gasteiger partial charge in [0.15, 0.2) is 6.23 Å². The van der Waals surface area contributed by atoms with Gasteiger partial charge in [0.05, 0.1) is 12.2 Å². The fourth-order valence-electron chi connectivity index (χ4n) is 2.49. The first-order chi connectivity index (χ1) is 11.5. The first kappa shape index (κ1) is 18.2. The van der Waals surface area contributed by atoms with Gasteiger partial charge >= 0.3 is 6.09 Å². The third-order valence-corrected chi connectivity index (χ3v) is 3.61. The van der Waals surface area contributed by atoms with E-state index < -0.39 is 12.3 Å². The number of anilines is 1. The summed E-state index contributed by atoms with van der Waals surface area (Å²) < 4.78 is 24.6. The summed E-state index contributed by atoms with van der Waals surface area (Å²) in [4.78, 5) is 24.2. The molecule has 0 radical (unpaired) electrons. The van der Waals surface area contributed by atoms with Gasteiger partial charge in [-0.2, -0.15) is 0 Å². The van der Waals surface area contributed by atoms with Crippen molar-refractivity contribution < 1.29 is 23.5 Å². The van der Waals surface area contributed by atoms with Gasteiger partial charge in [-0.05, 0) is 37.0 Å². The third-order valence-electron chi connectivity index (χ3n) is 3.61. The number of ether oxygens (including phenoxy) is 2. The number of amides is 2. The molecule has 1 N–H and O–H groups in total. The molecule has 1 fully saturated rings. The lowest BCUT2D eigenvalue weighted by atomic mass is 10.1. The van der Waals surface area contributed by atoms with Crippen LogP contribution in [0.2, 0.25) is 0 Å². The lowest BCUT2D eigenvalue weighted by molar-refractivity contribution is -0.121. The predicted octanol–water partition coefficient (Wildman–Crippen LogP) is 2.60. The second-order valence-electron chi connectivity index (χ2n) is 5.68. The molecule has 0 spiro atoms. The van der Waals surface area contributed by atoms with E-state index >= 15 is 0 Å². The molecule has 0 bridgehead atoms. The van der Waals surface area contributed by atoms with E-state index in [4.69, 9.17) is 9.47 Å². The van der Waals surface area contributed by atoms with Crippen LogP contribution in [0.5, 0.6) is 0 Å². The number of benzene rings is 1. The minimum absolute atomic E-state index is 0.155. The Morgan fingerprint density at radius 1 is 1.46 bits per heavy atom. The van der Waals surface area contributed by atoms with Gasteiger partial charge in [-0.3, -0.25) is 9.69 Å². The Morgan fingerprint density at radius 3 is 2.92 bits per heavy atom. The average molecular weight is 338 g/mol. The van der Waals surface area contributed by atoms with E-state index in [9.17, 15) is 14.0 Å². The Labute approximate surface area is 140 Å². The number of cyclic esters (lactones) is 1. The van der Waals surface area contributed by atoms with Crippen LogP contribution in [0.15, 0.2) is 18.2 Å². The van der Waals surface area contributed by atoms with Crippen molar-refractivity contribution in [1.82, 2.24) is 5.32 Å². The van der Waals surface area contributed by atoms with Crippen LogP contribution in [-0.2, 0) is 20.7 Å². The van der Waals surface area contributed by atoms with Gasteiger partial charge in [-0.1, -0.05) is 13.0 Å². The van der Waals surface area contributed by atoms with Gasteiger partial charge in [0.2, 0.25) is 5.91 Å². The highest BCUT2D eigenvalue weighted by Crippen LogP contribution is 2.24. The molecule has 6 nitrogen and oxygen atoms in total. The van der Waals surface area contributed by atoms with Crippen LogP contribution in [0, 0.1) is 5.82 Å². The van der Waals surface area contributed by atoms with Crippen LogP contribution >= 0.6 is 0 Å². The Morgan fingerprint density at radius 2 is 2.25 bits per heavy atom. The number of hydrogen-bond donors (Lipinski definition) is 1. The maximum Gasteiger partial charge on any atom is 0.416 e. The van der Waals surface area contributed by atoms with Crippen molar-refractivity contribution in [2.75, 3.05) is 24.7 Å². The van der Waals surface area contributed by atoms with Crippen LogP contribution in [0.1, 0.15) is 32.3 Å². The SMILES string of the molecule is CCCOCCCc1ccc(N2C[C@H](NC(C)=O)OC2=O)cc1F. The molecule has 1 aliphatic heterocycles. The van der Waals surface area contributed by atoms with E-state index in [1.807, 2.05) is 6.92 Å². The molecule has 24 heavy (non-hydrogen) atoms. The van der Waals surface area contributed by atoms with Crippen molar-refractivity contribution in [3.05, 3.63) is 29.6 Å². The summed E-state index contributed by atoms with van der Waals surface area (Å²) >= 11 is 0.